The van der Waals surface area contributed by atoms with Crippen LogP contribution in [0.1, 0.15) is 46.5 Å². The van der Waals surface area contributed by atoms with Crippen molar-refractivity contribution in [1.82, 2.24) is 20.2 Å². The number of rotatable bonds is 11. The van der Waals surface area contributed by atoms with Crippen LogP contribution in [-0.4, -0.2) is 61.0 Å². The maximum atomic E-state index is 13.4. The minimum absolute atomic E-state index is 0.0219. The maximum absolute atomic E-state index is 13.4. The lowest BCUT2D eigenvalue weighted by molar-refractivity contribution is 0.0343. The number of carbonyl (C=O) groups is 1. The molecule has 0 fully saturated rings. The number of amides is 1. The van der Waals surface area contributed by atoms with Gasteiger partial charge in [-0.15, -0.1) is 0 Å². The maximum Gasteiger partial charge on any atom is 0.259 e. The normalized spacial score (nSPS) is 14.4. The molecule has 2 aromatic carbocycles. The second-order valence-corrected chi connectivity index (χ2v) is 9.03. The molecule has 0 saturated heterocycles. The summed E-state index contributed by atoms with van der Waals surface area (Å²) >= 11 is 0. The minimum Gasteiger partial charge on any atom is -0.369 e. The highest BCUT2D eigenvalue weighted by atomic mass is 16.5. The molecule has 8 heteroatoms. The van der Waals surface area contributed by atoms with Gasteiger partial charge in [-0.2, -0.15) is 4.98 Å². The molecule has 0 aliphatic carbocycles. The summed E-state index contributed by atoms with van der Waals surface area (Å²) in [4.78, 5) is 26.2. The van der Waals surface area contributed by atoms with Crippen LogP contribution in [0.2, 0.25) is 0 Å². The van der Waals surface area contributed by atoms with Crippen LogP contribution < -0.4 is 15.5 Å². The Bertz CT molecular complexity index is 1140. The molecule has 36 heavy (non-hydrogen) atoms. The predicted octanol–water partition coefficient (Wildman–Crippen LogP) is 3.87. The van der Waals surface area contributed by atoms with Gasteiger partial charge in [0.25, 0.3) is 5.91 Å². The summed E-state index contributed by atoms with van der Waals surface area (Å²) in [5.74, 6) is 1.17. The zero-order valence-electron chi connectivity index (χ0n) is 21.4. The fourth-order valence-electron chi connectivity index (χ4n) is 4.38. The summed E-state index contributed by atoms with van der Waals surface area (Å²) in [5.41, 5.74) is 3.89. The molecular weight excluding hydrogens is 452 g/mol. The first-order valence-electron chi connectivity index (χ1n) is 12.6. The molecule has 0 bridgehead atoms. The van der Waals surface area contributed by atoms with Crippen molar-refractivity contribution >= 4 is 17.7 Å². The number of fused-ring (bicyclic) bond motifs is 1. The Morgan fingerprint density at radius 1 is 1.08 bits per heavy atom. The summed E-state index contributed by atoms with van der Waals surface area (Å²) in [6.45, 7) is 5.96. The highest BCUT2D eigenvalue weighted by Gasteiger charge is 2.27. The van der Waals surface area contributed by atoms with Crippen LogP contribution in [0.4, 0.5) is 11.8 Å². The van der Waals surface area contributed by atoms with Crippen LogP contribution in [0.5, 0.6) is 0 Å². The molecule has 4 rings (SSSR count). The van der Waals surface area contributed by atoms with Crippen LogP contribution >= 0.6 is 0 Å². The van der Waals surface area contributed by atoms with Crippen molar-refractivity contribution in [1.29, 1.82) is 0 Å². The number of ether oxygens (including phenoxy) is 1. The van der Waals surface area contributed by atoms with Crippen LogP contribution in [-0.2, 0) is 17.9 Å². The number of nitrogens with zero attached hydrogens (tertiary/aromatic N) is 4. The van der Waals surface area contributed by atoms with Gasteiger partial charge in [0.05, 0.1) is 12.7 Å². The number of aromatic nitrogens is 2. The number of carbonyl (C=O) groups excluding carboxylic acids is 1. The molecule has 0 radical (unpaired) electrons. The van der Waals surface area contributed by atoms with Crippen molar-refractivity contribution < 1.29 is 9.53 Å². The van der Waals surface area contributed by atoms with Gasteiger partial charge in [0.2, 0.25) is 5.95 Å². The lowest BCUT2D eigenvalue weighted by Crippen LogP contribution is -2.33. The standard InChI is InChI=1S/C28H36N6O2/c1-4-30-28-31-18-24-26(32-28)33(3)15-16-34(27(24)35)19-21-9-8-10-22(17-21)20-36-25(13-14-29-2)23-11-6-5-7-12-23/h5-12,17-18,25,29H,4,13-16,19-20H2,1-3H3,(H,30,31,32). The molecule has 1 aliphatic rings. The SMILES string of the molecule is CCNc1ncc2c(n1)N(C)CCN(Cc1cccc(COC(CCNC)c3ccccc3)c1)C2=O. The van der Waals surface area contributed by atoms with Crippen molar-refractivity contribution in [2.24, 2.45) is 0 Å². The molecule has 1 amide bonds. The topological polar surface area (TPSA) is 82.6 Å². The number of likely N-dealkylation sites (N-methyl/N-ethyl adjacent to an activating group) is 1. The number of anilines is 2. The summed E-state index contributed by atoms with van der Waals surface area (Å²) in [7, 11) is 3.92. The third-order valence-corrected chi connectivity index (χ3v) is 6.33. The number of hydrogen-bond acceptors (Lipinski definition) is 7. The molecule has 1 aromatic heterocycles. The van der Waals surface area contributed by atoms with Gasteiger partial charge >= 0.3 is 0 Å². The Balaban J connectivity index is 1.45. The van der Waals surface area contributed by atoms with E-state index in [2.05, 4.69) is 50.9 Å². The summed E-state index contributed by atoms with van der Waals surface area (Å²) in [5, 5.41) is 6.34. The number of benzene rings is 2. The van der Waals surface area contributed by atoms with Crippen molar-refractivity contribution in [3.63, 3.8) is 0 Å². The zero-order valence-corrected chi connectivity index (χ0v) is 21.4. The van der Waals surface area contributed by atoms with E-state index in [-0.39, 0.29) is 12.0 Å². The average molecular weight is 489 g/mol. The van der Waals surface area contributed by atoms with E-state index in [1.807, 2.05) is 55.1 Å². The molecule has 1 aliphatic heterocycles. The Morgan fingerprint density at radius 2 is 1.89 bits per heavy atom. The van der Waals surface area contributed by atoms with Gasteiger partial charge in [0.15, 0.2) is 0 Å². The van der Waals surface area contributed by atoms with Gasteiger partial charge in [-0.1, -0.05) is 54.6 Å². The fraction of sp³-hybridized carbons (Fsp3) is 0.393. The van der Waals surface area contributed by atoms with Gasteiger partial charge in [0, 0.05) is 39.4 Å². The Morgan fingerprint density at radius 3 is 2.67 bits per heavy atom. The molecule has 8 nitrogen and oxygen atoms in total. The quantitative estimate of drug-likeness (QED) is 0.424. The van der Waals surface area contributed by atoms with Crippen LogP contribution in [0.15, 0.2) is 60.8 Å². The number of nitrogens with one attached hydrogen (secondary N) is 2. The molecular formula is C28H36N6O2. The lowest BCUT2D eigenvalue weighted by Gasteiger charge is -2.22. The minimum atomic E-state index is -0.0461. The number of hydrogen-bond donors (Lipinski definition) is 2. The summed E-state index contributed by atoms with van der Waals surface area (Å²) < 4.78 is 6.34. The fourth-order valence-corrected chi connectivity index (χ4v) is 4.38. The Labute approximate surface area is 213 Å². The third kappa shape index (κ3) is 6.38. The highest BCUT2D eigenvalue weighted by molar-refractivity contribution is 5.99. The van der Waals surface area contributed by atoms with Crippen LogP contribution in [0.25, 0.3) is 0 Å². The van der Waals surface area contributed by atoms with E-state index >= 15 is 0 Å². The first-order valence-corrected chi connectivity index (χ1v) is 12.6. The van der Waals surface area contributed by atoms with Gasteiger partial charge in [-0.3, -0.25) is 4.79 Å². The zero-order chi connectivity index (χ0) is 25.3. The van der Waals surface area contributed by atoms with Crippen molar-refractivity contribution in [3.8, 4) is 0 Å². The van der Waals surface area contributed by atoms with Crippen LogP contribution in [0.3, 0.4) is 0 Å². The van der Waals surface area contributed by atoms with E-state index in [0.717, 1.165) is 30.6 Å². The van der Waals surface area contributed by atoms with Crippen molar-refractivity contribution in [2.45, 2.75) is 32.6 Å². The van der Waals surface area contributed by atoms with Gasteiger partial charge in [-0.25, -0.2) is 4.98 Å². The van der Waals surface area contributed by atoms with Crippen LogP contribution in [0, 0.1) is 0 Å². The smallest absolute Gasteiger partial charge is 0.259 e. The van der Waals surface area contributed by atoms with E-state index < -0.39 is 0 Å². The van der Waals surface area contributed by atoms with E-state index in [0.29, 0.717) is 43.6 Å². The molecule has 0 saturated carbocycles. The summed E-state index contributed by atoms with van der Waals surface area (Å²) in [6, 6.07) is 18.6. The molecule has 2 heterocycles. The van der Waals surface area contributed by atoms with E-state index in [4.69, 9.17) is 4.74 Å². The summed E-state index contributed by atoms with van der Waals surface area (Å²) in [6.07, 6.45) is 2.55. The first-order chi connectivity index (χ1) is 17.6. The second-order valence-electron chi connectivity index (χ2n) is 9.03. The van der Waals surface area contributed by atoms with Gasteiger partial charge in [0.1, 0.15) is 11.4 Å². The second kappa shape index (κ2) is 12.5. The van der Waals surface area contributed by atoms with Gasteiger partial charge < -0.3 is 25.2 Å². The molecule has 2 N–H and O–H groups in total. The molecule has 1 atom stereocenters. The Kier molecular flexibility index (Phi) is 8.86. The van der Waals surface area contributed by atoms with Crippen molar-refractivity contribution in [2.75, 3.05) is 50.5 Å². The van der Waals surface area contributed by atoms with Gasteiger partial charge in [-0.05, 0) is 43.6 Å². The highest BCUT2D eigenvalue weighted by Crippen LogP contribution is 2.25. The largest absolute Gasteiger partial charge is 0.369 e. The first kappa shape index (κ1) is 25.6. The van der Waals surface area contributed by atoms with Crippen molar-refractivity contribution in [3.05, 3.63) is 83.0 Å². The molecule has 3 aromatic rings. The predicted molar refractivity (Wildman–Crippen MR) is 143 cm³/mol. The Hall–Kier alpha value is -3.49. The molecule has 0 spiro atoms. The monoisotopic (exact) mass is 488 g/mol. The molecule has 190 valence electrons. The average Bonchev–Trinajstić information content (AvgIpc) is 3.02. The molecule has 1 unspecified atom stereocenters. The van der Waals surface area contributed by atoms with E-state index in [1.54, 1.807) is 6.20 Å². The third-order valence-electron chi connectivity index (χ3n) is 6.33. The van der Waals surface area contributed by atoms with E-state index in [9.17, 15) is 4.79 Å². The lowest BCUT2D eigenvalue weighted by atomic mass is 10.1. The van der Waals surface area contributed by atoms with E-state index in [1.165, 1.54) is 5.56 Å².